The minimum absolute atomic E-state index is 0.0322. The molecule has 2 aromatic carbocycles. The third-order valence-corrected chi connectivity index (χ3v) is 4.64. The molecule has 0 amide bonds. The van der Waals surface area contributed by atoms with E-state index < -0.39 is 11.9 Å². The fourth-order valence-corrected chi connectivity index (χ4v) is 3.62. The van der Waals surface area contributed by atoms with Crippen LogP contribution in [0.2, 0.25) is 0 Å². The monoisotopic (exact) mass is 324 g/mol. The molecule has 1 heterocycles. The molecule has 0 spiro atoms. The van der Waals surface area contributed by atoms with Gasteiger partial charge in [0.15, 0.2) is 0 Å². The summed E-state index contributed by atoms with van der Waals surface area (Å²) in [4.78, 5) is 24.0. The van der Waals surface area contributed by atoms with Crippen molar-refractivity contribution in [2.75, 3.05) is 0 Å². The smallest absolute Gasteiger partial charge is 0.346 e. The maximum atomic E-state index is 11.8. The molecule has 0 saturated carbocycles. The highest BCUT2D eigenvalue weighted by Gasteiger charge is 2.28. The fourth-order valence-electron chi connectivity index (χ4n) is 2.46. The van der Waals surface area contributed by atoms with Crippen molar-refractivity contribution in [2.24, 2.45) is 0 Å². The van der Waals surface area contributed by atoms with Gasteiger partial charge >= 0.3 is 11.9 Å². The van der Waals surface area contributed by atoms with Gasteiger partial charge in [-0.1, -0.05) is 60.7 Å². The van der Waals surface area contributed by atoms with Crippen LogP contribution in [0, 0.1) is 0 Å². The quantitative estimate of drug-likeness (QED) is 0.742. The highest BCUT2D eigenvalue weighted by Crippen LogP contribution is 2.42. The predicted molar refractivity (Wildman–Crippen MR) is 89.1 cm³/mol. The van der Waals surface area contributed by atoms with E-state index in [1.54, 1.807) is 54.6 Å². The predicted octanol–water partition coefficient (Wildman–Crippen LogP) is 4.48. The molecule has 0 aliphatic carbocycles. The van der Waals surface area contributed by atoms with Crippen LogP contribution in [0.15, 0.2) is 60.7 Å². The summed E-state index contributed by atoms with van der Waals surface area (Å²) in [5.41, 5.74) is 1.57. The van der Waals surface area contributed by atoms with Crippen molar-refractivity contribution in [1.29, 1.82) is 0 Å². The van der Waals surface area contributed by atoms with Gasteiger partial charge in [0.1, 0.15) is 4.88 Å². The molecule has 0 fully saturated rings. The zero-order valence-electron chi connectivity index (χ0n) is 11.9. The molecular weight excluding hydrogens is 312 g/mol. The number of carboxylic acid groups (broad SMARTS) is 2. The second-order valence-corrected chi connectivity index (χ2v) is 5.87. The minimum Gasteiger partial charge on any atom is -0.478 e. The number of hydrogen-bond acceptors (Lipinski definition) is 3. The van der Waals surface area contributed by atoms with Crippen LogP contribution >= 0.6 is 11.3 Å². The second kappa shape index (κ2) is 6.06. The molecule has 0 aliphatic heterocycles. The number of thiophene rings is 1. The van der Waals surface area contributed by atoms with Gasteiger partial charge in [-0.05, 0) is 11.1 Å². The first-order valence-corrected chi connectivity index (χ1v) is 7.65. The van der Waals surface area contributed by atoms with Gasteiger partial charge in [0.2, 0.25) is 0 Å². The van der Waals surface area contributed by atoms with Crippen LogP contribution in [-0.4, -0.2) is 22.2 Å². The van der Waals surface area contributed by atoms with Crippen LogP contribution in [0.4, 0.5) is 0 Å². The van der Waals surface area contributed by atoms with E-state index in [0.717, 1.165) is 11.3 Å². The average Bonchev–Trinajstić information content (AvgIpc) is 2.97. The van der Waals surface area contributed by atoms with Crippen molar-refractivity contribution < 1.29 is 19.8 Å². The molecule has 0 atom stereocenters. The molecule has 0 aliphatic rings. The van der Waals surface area contributed by atoms with Crippen LogP contribution in [0.1, 0.15) is 20.0 Å². The molecule has 3 rings (SSSR count). The molecular formula is C18H12O4S. The molecule has 5 heteroatoms. The van der Waals surface area contributed by atoms with Crippen LogP contribution in [-0.2, 0) is 0 Å². The number of carboxylic acids is 2. The molecule has 0 saturated heterocycles. The van der Waals surface area contributed by atoms with E-state index in [4.69, 9.17) is 0 Å². The maximum Gasteiger partial charge on any atom is 0.346 e. The Bertz CT molecular complexity index is 867. The first-order valence-electron chi connectivity index (χ1n) is 6.84. The van der Waals surface area contributed by atoms with Gasteiger partial charge in [0.25, 0.3) is 0 Å². The van der Waals surface area contributed by atoms with Gasteiger partial charge in [-0.2, -0.15) is 0 Å². The Balaban J connectivity index is 2.36. The number of rotatable bonds is 4. The molecule has 0 unspecified atom stereocenters. The van der Waals surface area contributed by atoms with Crippen molar-refractivity contribution >= 4 is 23.3 Å². The highest BCUT2D eigenvalue weighted by molar-refractivity contribution is 7.18. The molecule has 1 aromatic heterocycles. The van der Waals surface area contributed by atoms with E-state index >= 15 is 0 Å². The molecule has 114 valence electrons. The Hall–Kier alpha value is -2.92. The van der Waals surface area contributed by atoms with Crippen molar-refractivity contribution in [3.63, 3.8) is 0 Å². The third-order valence-electron chi connectivity index (χ3n) is 3.41. The van der Waals surface area contributed by atoms with Gasteiger partial charge < -0.3 is 10.2 Å². The molecule has 0 bridgehead atoms. The summed E-state index contributed by atoms with van der Waals surface area (Å²) in [5.74, 6) is -2.26. The number of aromatic carboxylic acids is 2. The van der Waals surface area contributed by atoms with E-state index in [-0.39, 0.29) is 16.0 Å². The SMILES string of the molecule is O=C(O)c1sc(-c2ccccc2)c(C(=O)O)c1-c1ccccc1. The van der Waals surface area contributed by atoms with Gasteiger partial charge in [0.05, 0.1) is 10.4 Å². The number of benzene rings is 2. The number of carbonyl (C=O) groups is 2. The molecule has 3 aromatic rings. The van der Waals surface area contributed by atoms with Gasteiger partial charge in [-0.25, -0.2) is 9.59 Å². The second-order valence-electron chi connectivity index (χ2n) is 4.85. The average molecular weight is 324 g/mol. The van der Waals surface area contributed by atoms with Crippen molar-refractivity contribution in [1.82, 2.24) is 0 Å². The van der Waals surface area contributed by atoms with Crippen molar-refractivity contribution in [3.05, 3.63) is 71.1 Å². The normalized spacial score (nSPS) is 10.4. The zero-order valence-corrected chi connectivity index (χ0v) is 12.7. The molecule has 0 radical (unpaired) electrons. The fraction of sp³-hybridized carbons (Fsp3) is 0. The highest BCUT2D eigenvalue weighted by atomic mass is 32.1. The van der Waals surface area contributed by atoms with Crippen LogP contribution in [0.3, 0.4) is 0 Å². The molecule has 4 nitrogen and oxygen atoms in total. The minimum atomic E-state index is -1.13. The van der Waals surface area contributed by atoms with Crippen LogP contribution in [0.25, 0.3) is 21.6 Å². The standard InChI is InChI=1S/C18H12O4S/c19-17(20)14-13(11-7-3-1-4-8-11)16(18(21)22)23-15(14)12-9-5-2-6-10-12/h1-10H,(H,19,20)(H,21,22). The molecule has 23 heavy (non-hydrogen) atoms. The summed E-state index contributed by atoms with van der Waals surface area (Å²) >= 11 is 0.990. The summed E-state index contributed by atoms with van der Waals surface area (Å²) in [6.45, 7) is 0. The Kier molecular flexibility index (Phi) is 3.95. The van der Waals surface area contributed by atoms with E-state index in [2.05, 4.69) is 0 Å². The Morgan fingerprint density at radius 3 is 1.74 bits per heavy atom. The van der Waals surface area contributed by atoms with Crippen molar-refractivity contribution in [2.45, 2.75) is 0 Å². The van der Waals surface area contributed by atoms with E-state index in [9.17, 15) is 19.8 Å². The largest absolute Gasteiger partial charge is 0.478 e. The van der Waals surface area contributed by atoms with E-state index in [1.807, 2.05) is 6.07 Å². The number of hydrogen-bond donors (Lipinski definition) is 2. The lowest BCUT2D eigenvalue weighted by Crippen LogP contribution is -2.02. The van der Waals surface area contributed by atoms with Crippen LogP contribution < -0.4 is 0 Å². The summed E-state index contributed by atoms with van der Waals surface area (Å²) in [6.07, 6.45) is 0. The summed E-state index contributed by atoms with van der Waals surface area (Å²) in [6, 6.07) is 17.7. The lowest BCUT2D eigenvalue weighted by atomic mass is 9.98. The van der Waals surface area contributed by atoms with Crippen molar-refractivity contribution in [3.8, 4) is 21.6 Å². The topological polar surface area (TPSA) is 74.6 Å². The Morgan fingerprint density at radius 2 is 1.26 bits per heavy atom. The van der Waals surface area contributed by atoms with Crippen LogP contribution in [0.5, 0.6) is 0 Å². The third kappa shape index (κ3) is 2.74. The first-order chi connectivity index (χ1) is 11.1. The maximum absolute atomic E-state index is 11.8. The summed E-state index contributed by atoms with van der Waals surface area (Å²) < 4.78 is 0. The van der Waals surface area contributed by atoms with Gasteiger partial charge in [-0.3, -0.25) is 0 Å². The van der Waals surface area contributed by atoms with E-state index in [0.29, 0.717) is 16.0 Å². The Morgan fingerprint density at radius 1 is 0.739 bits per heavy atom. The summed E-state index contributed by atoms with van der Waals surface area (Å²) in [7, 11) is 0. The van der Waals surface area contributed by atoms with Gasteiger partial charge in [-0.15, -0.1) is 11.3 Å². The Labute approximate surface area is 136 Å². The first kappa shape index (κ1) is 15.0. The lowest BCUT2D eigenvalue weighted by molar-refractivity contribution is 0.0696. The summed E-state index contributed by atoms with van der Waals surface area (Å²) in [5, 5.41) is 19.2. The van der Waals surface area contributed by atoms with Gasteiger partial charge in [0, 0.05) is 5.56 Å². The zero-order chi connectivity index (χ0) is 16.4. The van der Waals surface area contributed by atoms with E-state index in [1.165, 1.54) is 0 Å². The molecule has 2 N–H and O–H groups in total. The lowest BCUT2D eigenvalue weighted by Gasteiger charge is -2.05.